The van der Waals surface area contributed by atoms with Crippen LogP contribution in [0.1, 0.15) is 25.3 Å². The van der Waals surface area contributed by atoms with Gasteiger partial charge in [0.1, 0.15) is 0 Å². The van der Waals surface area contributed by atoms with Crippen molar-refractivity contribution in [3.8, 4) is 0 Å². The van der Waals surface area contributed by atoms with Gasteiger partial charge in [-0.05, 0) is 55.3 Å². The monoisotopic (exact) mass is 264 g/mol. The Balaban J connectivity index is 1.75. The average molecular weight is 264 g/mol. The van der Waals surface area contributed by atoms with Crippen LogP contribution in [0.5, 0.6) is 0 Å². The maximum Gasteiger partial charge on any atom is 0.0340 e. The Bertz CT molecular complexity index is 331. The third-order valence-corrected chi connectivity index (χ3v) is 4.43. The van der Waals surface area contributed by atoms with Gasteiger partial charge in [-0.15, -0.1) is 0 Å². The highest BCUT2D eigenvalue weighted by molar-refractivity contribution is 7.98. The molecule has 0 bridgehead atoms. The summed E-state index contributed by atoms with van der Waals surface area (Å²) in [4.78, 5) is 0. The molecule has 0 saturated carbocycles. The Morgan fingerprint density at radius 1 is 1.22 bits per heavy atom. The summed E-state index contributed by atoms with van der Waals surface area (Å²) in [6.45, 7) is 5.68. The van der Waals surface area contributed by atoms with Crippen LogP contribution < -0.4 is 10.6 Å². The lowest BCUT2D eigenvalue weighted by Crippen LogP contribution is -2.31. The average Bonchev–Trinajstić information content (AvgIpc) is 2.45. The van der Waals surface area contributed by atoms with Crippen LogP contribution in [0.15, 0.2) is 24.3 Å². The molecule has 1 saturated heterocycles. The first-order valence-electron chi connectivity index (χ1n) is 6.99. The summed E-state index contributed by atoms with van der Waals surface area (Å²) in [6.07, 6.45) is 2.61. The highest BCUT2D eigenvalue weighted by Crippen LogP contribution is 2.17. The zero-order valence-corrected chi connectivity index (χ0v) is 12.1. The minimum Gasteiger partial charge on any atom is -0.385 e. The fourth-order valence-electron chi connectivity index (χ4n) is 2.29. The van der Waals surface area contributed by atoms with Crippen molar-refractivity contribution in [2.75, 3.05) is 30.7 Å². The molecule has 0 aliphatic carbocycles. The highest BCUT2D eigenvalue weighted by atomic mass is 32.2. The third kappa shape index (κ3) is 4.54. The summed E-state index contributed by atoms with van der Waals surface area (Å²) < 4.78 is 0. The quantitative estimate of drug-likeness (QED) is 0.824. The van der Waals surface area contributed by atoms with E-state index in [1.807, 2.05) is 11.8 Å². The van der Waals surface area contributed by atoms with E-state index in [9.17, 15) is 0 Å². The van der Waals surface area contributed by atoms with Gasteiger partial charge < -0.3 is 10.6 Å². The van der Waals surface area contributed by atoms with E-state index in [-0.39, 0.29) is 0 Å². The van der Waals surface area contributed by atoms with Crippen molar-refractivity contribution in [1.82, 2.24) is 5.32 Å². The summed E-state index contributed by atoms with van der Waals surface area (Å²) >= 11 is 1.98. The van der Waals surface area contributed by atoms with Crippen LogP contribution >= 0.6 is 11.8 Å². The Kier molecular flexibility index (Phi) is 5.88. The first-order chi connectivity index (χ1) is 8.88. The molecule has 0 spiro atoms. The highest BCUT2D eigenvalue weighted by Gasteiger charge is 2.12. The van der Waals surface area contributed by atoms with Gasteiger partial charge in [0.15, 0.2) is 0 Å². The minimum absolute atomic E-state index is 0.835. The third-order valence-electron chi connectivity index (χ3n) is 3.48. The number of nitrogens with one attached hydrogen (secondary N) is 2. The van der Waals surface area contributed by atoms with Gasteiger partial charge in [-0.3, -0.25) is 0 Å². The lowest BCUT2D eigenvalue weighted by molar-refractivity contribution is 0.390. The second-order valence-corrected chi connectivity index (χ2v) is 6.18. The molecular formula is C15H24N2S. The molecule has 18 heavy (non-hydrogen) atoms. The van der Waals surface area contributed by atoms with Crippen molar-refractivity contribution in [1.29, 1.82) is 0 Å². The maximum atomic E-state index is 3.56. The summed E-state index contributed by atoms with van der Waals surface area (Å²) in [6, 6.07) is 8.92. The van der Waals surface area contributed by atoms with Crippen LogP contribution in [0, 0.1) is 5.92 Å². The van der Waals surface area contributed by atoms with Crippen LogP contribution in [-0.4, -0.2) is 25.4 Å². The fourth-order valence-corrected chi connectivity index (χ4v) is 2.92. The number of thioether (sulfide) groups is 1. The standard InChI is InChI=1S/C15H24N2S/c1-2-18-12-14-3-5-15(6-4-14)17-11-13-7-9-16-10-8-13/h3-6,13,16-17H,2,7-12H2,1H3. The van der Waals surface area contributed by atoms with E-state index in [0.29, 0.717) is 0 Å². The molecule has 100 valence electrons. The number of anilines is 1. The minimum atomic E-state index is 0.835. The molecule has 1 aromatic rings. The molecule has 0 aromatic heterocycles. The van der Waals surface area contributed by atoms with Crippen molar-refractivity contribution >= 4 is 17.4 Å². The molecule has 0 unspecified atom stereocenters. The topological polar surface area (TPSA) is 24.1 Å². The lowest BCUT2D eigenvalue weighted by Gasteiger charge is -2.23. The van der Waals surface area contributed by atoms with E-state index in [1.165, 1.54) is 42.9 Å². The maximum absolute atomic E-state index is 3.56. The summed E-state index contributed by atoms with van der Waals surface area (Å²) in [7, 11) is 0. The molecule has 0 atom stereocenters. The van der Waals surface area contributed by atoms with Gasteiger partial charge in [-0.1, -0.05) is 19.1 Å². The second-order valence-electron chi connectivity index (χ2n) is 4.91. The number of rotatable bonds is 6. The van der Waals surface area contributed by atoms with E-state index in [0.717, 1.165) is 18.2 Å². The Morgan fingerprint density at radius 3 is 2.61 bits per heavy atom. The molecule has 0 amide bonds. The van der Waals surface area contributed by atoms with E-state index in [1.54, 1.807) is 0 Å². The molecular weight excluding hydrogens is 240 g/mol. The molecule has 2 rings (SSSR count). The molecule has 1 fully saturated rings. The lowest BCUT2D eigenvalue weighted by atomic mass is 9.98. The predicted octanol–water partition coefficient (Wildman–Crippen LogP) is 3.35. The van der Waals surface area contributed by atoms with Crippen LogP contribution in [0.4, 0.5) is 5.69 Å². The van der Waals surface area contributed by atoms with Crippen LogP contribution in [-0.2, 0) is 5.75 Å². The largest absolute Gasteiger partial charge is 0.385 e. The fraction of sp³-hybridized carbons (Fsp3) is 0.600. The number of hydrogen-bond acceptors (Lipinski definition) is 3. The van der Waals surface area contributed by atoms with Crippen LogP contribution in [0.2, 0.25) is 0 Å². The Hall–Kier alpha value is -0.670. The zero-order chi connectivity index (χ0) is 12.6. The van der Waals surface area contributed by atoms with Crippen molar-refractivity contribution < 1.29 is 0 Å². The van der Waals surface area contributed by atoms with Gasteiger partial charge in [0.05, 0.1) is 0 Å². The van der Waals surface area contributed by atoms with Crippen molar-refractivity contribution in [2.24, 2.45) is 5.92 Å². The van der Waals surface area contributed by atoms with Crippen molar-refractivity contribution in [3.63, 3.8) is 0 Å². The van der Waals surface area contributed by atoms with Gasteiger partial charge in [0.2, 0.25) is 0 Å². The van der Waals surface area contributed by atoms with Crippen LogP contribution in [0.25, 0.3) is 0 Å². The molecule has 2 N–H and O–H groups in total. The first kappa shape index (κ1) is 13.8. The summed E-state index contributed by atoms with van der Waals surface area (Å²) in [5, 5.41) is 6.97. The van der Waals surface area contributed by atoms with Crippen LogP contribution in [0.3, 0.4) is 0 Å². The molecule has 3 heteroatoms. The van der Waals surface area contributed by atoms with Crippen molar-refractivity contribution in [3.05, 3.63) is 29.8 Å². The Morgan fingerprint density at radius 2 is 1.94 bits per heavy atom. The Labute approximate surface area is 115 Å². The van der Waals surface area contributed by atoms with Gasteiger partial charge in [0.25, 0.3) is 0 Å². The first-order valence-corrected chi connectivity index (χ1v) is 8.15. The smallest absolute Gasteiger partial charge is 0.0340 e. The molecule has 2 nitrogen and oxygen atoms in total. The van der Waals surface area contributed by atoms with Gasteiger partial charge in [-0.25, -0.2) is 0 Å². The SMILES string of the molecule is CCSCc1ccc(NCC2CCNCC2)cc1. The van der Waals surface area contributed by atoms with Crippen molar-refractivity contribution in [2.45, 2.75) is 25.5 Å². The van der Waals surface area contributed by atoms with Gasteiger partial charge in [-0.2, -0.15) is 11.8 Å². The molecule has 1 aliphatic heterocycles. The molecule has 1 heterocycles. The number of piperidine rings is 1. The van der Waals surface area contributed by atoms with E-state index in [4.69, 9.17) is 0 Å². The molecule has 1 aromatic carbocycles. The number of benzene rings is 1. The van der Waals surface area contributed by atoms with Gasteiger partial charge >= 0.3 is 0 Å². The molecule has 1 aliphatic rings. The summed E-state index contributed by atoms with van der Waals surface area (Å²) in [5.41, 5.74) is 2.69. The molecule has 0 radical (unpaired) electrons. The summed E-state index contributed by atoms with van der Waals surface area (Å²) in [5.74, 6) is 3.16. The van der Waals surface area contributed by atoms with E-state index < -0.39 is 0 Å². The second kappa shape index (κ2) is 7.70. The van der Waals surface area contributed by atoms with E-state index >= 15 is 0 Å². The zero-order valence-electron chi connectivity index (χ0n) is 11.2. The van der Waals surface area contributed by atoms with Gasteiger partial charge in [0, 0.05) is 18.0 Å². The number of hydrogen-bond donors (Lipinski definition) is 2. The predicted molar refractivity (Wildman–Crippen MR) is 82.4 cm³/mol. The normalized spacial score (nSPS) is 16.7. The van der Waals surface area contributed by atoms with E-state index in [2.05, 4.69) is 41.8 Å².